The van der Waals surface area contributed by atoms with Crippen LogP contribution < -0.4 is 4.90 Å². The van der Waals surface area contributed by atoms with E-state index in [0.29, 0.717) is 5.56 Å². The summed E-state index contributed by atoms with van der Waals surface area (Å²) in [7, 11) is 2.57. The summed E-state index contributed by atoms with van der Waals surface area (Å²) in [5, 5.41) is 0. The van der Waals surface area contributed by atoms with Crippen LogP contribution in [0.15, 0.2) is 17.0 Å². The Labute approximate surface area is 96.0 Å². The van der Waals surface area contributed by atoms with Crippen molar-refractivity contribution in [1.82, 2.24) is 0 Å². The minimum atomic E-state index is -3.98. The van der Waals surface area contributed by atoms with Gasteiger partial charge in [0.1, 0.15) is 5.82 Å². The number of anilines is 1. The highest BCUT2D eigenvalue weighted by Gasteiger charge is 2.29. The second-order valence-electron chi connectivity index (χ2n) is 3.48. The highest BCUT2D eigenvalue weighted by molar-refractivity contribution is 8.13. The van der Waals surface area contributed by atoms with E-state index in [4.69, 9.17) is 10.7 Å². The molecular weight excluding hydrogens is 257 g/mol. The number of benzene rings is 1. The summed E-state index contributed by atoms with van der Waals surface area (Å²) >= 11 is 0. The van der Waals surface area contributed by atoms with Gasteiger partial charge in [-0.05, 0) is 17.7 Å². The first-order chi connectivity index (χ1) is 7.30. The summed E-state index contributed by atoms with van der Waals surface area (Å²) in [4.78, 5) is 12.2. The molecule has 0 aromatic heterocycles. The lowest BCUT2D eigenvalue weighted by Crippen LogP contribution is -2.21. The quantitative estimate of drug-likeness (QED) is 0.717. The van der Waals surface area contributed by atoms with Gasteiger partial charge in [-0.1, -0.05) is 0 Å². The maximum atomic E-state index is 13.6. The lowest BCUT2D eigenvalue weighted by Gasteiger charge is -2.11. The van der Waals surface area contributed by atoms with Crippen molar-refractivity contribution in [3.63, 3.8) is 0 Å². The predicted molar refractivity (Wildman–Crippen MR) is 56.6 cm³/mol. The molecule has 0 spiro atoms. The zero-order chi connectivity index (χ0) is 12.1. The number of fused-ring (bicyclic) bond motifs is 1. The second-order valence-corrected chi connectivity index (χ2v) is 6.05. The van der Waals surface area contributed by atoms with Gasteiger partial charge in [-0.15, -0.1) is 0 Å². The zero-order valence-electron chi connectivity index (χ0n) is 8.20. The Morgan fingerprint density at radius 2 is 2.06 bits per heavy atom. The van der Waals surface area contributed by atoms with Crippen molar-refractivity contribution in [1.29, 1.82) is 0 Å². The third-order valence-electron chi connectivity index (χ3n) is 2.45. The van der Waals surface area contributed by atoms with Crippen molar-refractivity contribution >= 4 is 31.3 Å². The molecule has 0 bridgehead atoms. The van der Waals surface area contributed by atoms with Gasteiger partial charge in [-0.3, -0.25) is 4.79 Å². The molecule has 0 aliphatic carbocycles. The SMILES string of the molecule is CN1C(=O)Cc2cc(S(=O)(=O)Cl)cc(F)c21. The molecule has 1 aromatic carbocycles. The molecule has 0 radical (unpaired) electrons. The van der Waals surface area contributed by atoms with Crippen molar-refractivity contribution in [3.05, 3.63) is 23.5 Å². The standard InChI is InChI=1S/C9H7ClFNO3S/c1-12-8(13)3-5-2-6(16(10,14)15)4-7(11)9(5)12/h2,4H,3H2,1H3. The Kier molecular flexibility index (Phi) is 2.43. The molecule has 4 nitrogen and oxygen atoms in total. The number of amides is 1. The molecule has 1 aliphatic heterocycles. The van der Waals surface area contributed by atoms with Crippen LogP contribution in [-0.4, -0.2) is 21.4 Å². The number of hydrogen-bond acceptors (Lipinski definition) is 3. The van der Waals surface area contributed by atoms with Crippen LogP contribution in [0.25, 0.3) is 0 Å². The van der Waals surface area contributed by atoms with Crippen LogP contribution in [0.3, 0.4) is 0 Å². The first-order valence-electron chi connectivity index (χ1n) is 4.34. The number of hydrogen-bond donors (Lipinski definition) is 0. The molecule has 0 atom stereocenters. The molecule has 1 heterocycles. The molecule has 1 aliphatic rings. The Hall–Kier alpha value is -1.14. The van der Waals surface area contributed by atoms with Gasteiger partial charge < -0.3 is 4.90 Å². The molecule has 0 fully saturated rings. The summed E-state index contributed by atoms with van der Waals surface area (Å²) in [6, 6.07) is 2.04. The fraction of sp³-hybridized carbons (Fsp3) is 0.222. The van der Waals surface area contributed by atoms with E-state index in [-0.39, 0.29) is 22.9 Å². The van der Waals surface area contributed by atoms with Crippen LogP contribution in [0.5, 0.6) is 0 Å². The molecule has 86 valence electrons. The summed E-state index contributed by atoms with van der Waals surface area (Å²) in [5.74, 6) is -1.04. The molecule has 16 heavy (non-hydrogen) atoms. The van der Waals surface area contributed by atoms with Gasteiger partial charge in [0.15, 0.2) is 0 Å². The highest BCUT2D eigenvalue weighted by atomic mass is 35.7. The van der Waals surface area contributed by atoms with Crippen LogP contribution >= 0.6 is 10.7 Å². The lowest BCUT2D eigenvalue weighted by molar-refractivity contribution is -0.117. The Morgan fingerprint density at radius 3 is 2.62 bits per heavy atom. The van der Waals surface area contributed by atoms with Gasteiger partial charge in [-0.2, -0.15) is 0 Å². The fourth-order valence-corrected chi connectivity index (χ4v) is 2.48. The number of carbonyl (C=O) groups excluding carboxylic acids is 1. The number of nitrogens with zero attached hydrogens (tertiary/aromatic N) is 1. The normalized spacial score (nSPS) is 15.4. The Bertz CT molecular complexity index is 585. The minimum absolute atomic E-state index is 0.0109. The smallest absolute Gasteiger partial charge is 0.261 e. The van der Waals surface area contributed by atoms with Crippen molar-refractivity contribution < 1.29 is 17.6 Å². The van der Waals surface area contributed by atoms with Crippen molar-refractivity contribution in [2.24, 2.45) is 0 Å². The largest absolute Gasteiger partial charge is 0.312 e. The number of likely N-dealkylation sites (N-methyl/N-ethyl adjacent to an activating group) is 1. The predicted octanol–water partition coefficient (Wildman–Crippen LogP) is 1.27. The summed E-state index contributed by atoms with van der Waals surface area (Å²) in [6.45, 7) is 0. The van der Waals surface area contributed by atoms with Gasteiger partial charge in [0.05, 0.1) is 17.0 Å². The summed E-state index contributed by atoms with van der Waals surface area (Å²) < 4.78 is 35.7. The zero-order valence-corrected chi connectivity index (χ0v) is 9.77. The van der Waals surface area contributed by atoms with Crippen molar-refractivity contribution in [2.45, 2.75) is 11.3 Å². The van der Waals surface area contributed by atoms with Crippen LogP contribution in [-0.2, 0) is 20.3 Å². The van der Waals surface area contributed by atoms with Crippen LogP contribution in [0, 0.1) is 5.82 Å². The van der Waals surface area contributed by atoms with E-state index in [0.717, 1.165) is 11.0 Å². The van der Waals surface area contributed by atoms with E-state index in [9.17, 15) is 17.6 Å². The van der Waals surface area contributed by atoms with Crippen molar-refractivity contribution in [2.75, 3.05) is 11.9 Å². The molecule has 0 saturated carbocycles. The van der Waals surface area contributed by atoms with Gasteiger partial charge in [-0.25, -0.2) is 12.8 Å². The van der Waals surface area contributed by atoms with Crippen LogP contribution in [0.2, 0.25) is 0 Å². The third-order valence-corrected chi connectivity index (χ3v) is 3.78. The molecule has 1 amide bonds. The average molecular weight is 264 g/mol. The lowest BCUT2D eigenvalue weighted by atomic mass is 10.1. The molecule has 0 N–H and O–H groups in total. The summed E-state index contributed by atoms with van der Waals surface area (Å²) in [6.07, 6.45) is -0.0109. The van der Waals surface area contributed by atoms with E-state index in [2.05, 4.69) is 0 Å². The molecule has 1 aromatic rings. The van der Waals surface area contributed by atoms with E-state index in [1.54, 1.807) is 0 Å². The number of halogens is 2. The molecular formula is C9H7ClFNO3S. The Morgan fingerprint density at radius 1 is 1.44 bits per heavy atom. The van der Waals surface area contributed by atoms with Crippen LogP contribution in [0.4, 0.5) is 10.1 Å². The molecule has 0 saturated heterocycles. The van der Waals surface area contributed by atoms with E-state index in [1.165, 1.54) is 13.1 Å². The fourth-order valence-electron chi connectivity index (χ4n) is 1.69. The molecule has 2 rings (SSSR count). The van der Waals surface area contributed by atoms with Crippen molar-refractivity contribution in [3.8, 4) is 0 Å². The maximum Gasteiger partial charge on any atom is 0.261 e. The Balaban J connectivity index is 2.67. The molecule has 7 heteroatoms. The monoisotopic (exact) mass is 263 g/mol. The average Bonchev–Trinajstić information content (AvgIpc) is 2.41. The van der Waals surface area contributed by atoms with Crippen LogP contribution in [0.1, 0.15) is 5.56 Å². The molecule has 0 unspecified atom stereocenters. The first kappa shape index (κ1) is 11.3. The topological polar surface area (TPSA) is 54.5 Å². The van der Waals surface area contributed by atoms with Gasteiger partial charge >= 0.3 is 0 Å². The van der Waals surface area contributed by atoms with Gasteiger partial charge in [0, 0.05) is 17.7 Å². The number of rotatable bonds is 1. The minimum Gasteiger partial charge on any atom is -0.312 e. The van der Waals surface area contributed by atoms with Gasteiger partial charge in [0.25, 0.3) is 9.05 Å². The number of carbonyl (C=O) groups is 1. The third kappa shape index (κ3) is 1.68. The second kappa shape index (κ2) is 3.43. The summed E-state index contributed by atoms with van der Waals surface area (Å²) in [5.41, 5.74) is 0.459. The van der Waals surface area contributed by atoms with E-state index >= 15 is 0 Å². The highest BCUT2D eigenvalue weighted by Crippen LogP contribution is 2.33. The van der Waals surface area contributed by atoms with E-state index < -0.39 is 14.9 Å². The van der Waals surface area contributed by atoms with Gasteiger partial charge in [0.2, 0.25) is 5.91 Å². The first-order valence-corrected chi connectivity index (χ1v) is 6.65. The van der Waals surface area contributed by atoms with E-state index in [1.807, 2.05) is 0 Å². The maximum absolute atomic E-state index is 13.6.